The molecule has 1 aliphatic rings. The first-order chi connectivity index (χ1) is 15.6. The van der Waals surface area contributed by atoms with Gasteiger partial charge < -0.3 is 19.4 Å². The molecule has 0 radical (unpaired) electrons. The maximum atomic E-state index is 13.1. The number of carbonyl (C=O) groups is 1. The number of carbonyl (C=O) groups excluding carboxylic acids is 1. The Morgan fingerprint density at radius 2 is 1.84 bits per heavy atom. The molecule has 3 aromatic carbocycles. The van der Waals surface area contributed by atoms with Gasteiger partial charge in [0.05, 0.1) is 22.5 Å². The minimum Gasteiger partial charge on any atom is -0.486 e. The summed E-state index contributed by atoms with van der Waals surface area (Å²) in [5, 5.41) is 3.61. The molecule has 1 aliphatic heterocycles. The summed E-state index contributed by atoms with van der Waals surface area (Å²) in [4.78, 5) is 17.9. The maximum absolute atomic E-state index is 13.1. The largest absolute Gasteiger partial charge is 0.486 e. The van der Waals surface area contributed by atoms with Crippen molar-refractivity contribution in [2.24, 2.45) is 7.05 Å². The fourth-order valence-corrected chi connectivity index (χ4v) is 4.32. The van der Waals surface area contributed by atoms with E-state index >= 15 is 0 Å². The molecule has 4 aromatic rings. The molecule has 0 bridgehead atoms. The van der Waals surface area contributed by atoms with Crippen LogP contribution in [0.15, 0.2) is 66.7 Å². The van der Waals surface area contributed by atoms with Crippen molar-refractivity contribution in [3.8, 4) is 11.5 Å². The molecule has 0 aliphatic carbocycles. The van der Waals surface area contributed by atoms with E-state index in [0.717, 1.165) is 28.0 Å². The summed E-state index contributed by atoms with van der Waals surface area (Å²) in [7, 11) is 1.97. The molecule has 5 rings (SSSR count). The van der Waals surface area contributed by atoms with E-state index < -0.39 is 6.04 Å². The fraction of sp³-hybridized carbons (Fsp3) is 0.200. The number of para-hydroxylation sites is 2. The maximum Gasteiger partial charge on any atom is 0.225 e. The van der Waals surface area contributed by atoms with E-state index in [0.29, 0.717) is 29.7 Å². The minimum atomic E-state index is -0.395. The molecule has 32 heavy (non-hydrogen) atoms. The third kappa shape index (κ3) is 3.89. The van der Waals surface area contributed by atoms with Gasteiger partial charge in [0.2, 0.25) is 5.91 Å². The molecule has 162 valence electrons. The average Bonchev–Trinajstić information content (AvgIpc) is 3.14. The number of ether oxygens (including phenoxy) is 2. The molecular formula is C25H22ClN3O3. The summed E-state index contributed by atoms with van der Waals surface area (Å²) in [6, 6.07) is 20.9. The van der Waals surface area contributed by atoms with Crippen molar-refractivity contribution in [1.82, 2.24) is 14.9 Å². The number of fused-ring (bicyclic) bond motifs is 2. The lowest BCUT2D eigenvalue weighted by molar-refractivity contribution is -0.121. The zero-order valence-electron chi connectivity index (χ0n) is 17.5. The molecule has 6 nitrogen and oxygen atoms in total. The van der Waals surface area contributed by atoms with Crippen LogP contribution < -0.4 is 14.8 Å². The monoisotopic (exact) mass is 447 g/mol. The number of hydrogen-bond acceptors (Lipinski definition) is 4. The van der Waals surface area contributed by atoms with Crippen molar-refractivity contribution in [3.05, 3.63) is 88.7 Å². The van der Waals surface area contributed by atoms with Gasteiger partial charge in [0.25, 0.3) is 0 Å². The van der Waals surface area contributed by atoms with E-state index in [1.54, 1.807) is 6.07 Å². The number of hydrogen-bond donors (Lipinski definition) is 1. The zero-order valence-corrected chi connectivity index (χ0v) is 18.3. The Hall–Kier alpha value is -3.51. The van der Waals surface area contributed by atoms with Crippen molar-refractivity contribution < 1.29 is 14.3 Å². The van der Waals surface area contributed by atoms with Gasteiger partial charge in [-0.2, -0.15) is 0 Å². The van der Waals surface area contributed by atoms with Crippen LogP contribution in [0.1, 0.15) is 23.0 Å². The lowest BCUT2D eigenvalue weighted by Gasteiger charge is -2.21. The predicted octanol–water partition coefficient (Wildman–Crippen LogP) is 4.45. The molecular weight excluding hydrogens is 426 g/mol. The van der Waals surface area contributed by atoms with E-state index in [4.69, 9.17) is 26.1 Å². The topological polar surface area (TPSA) is 65.4 Å². The minimum absolute atomic E-state index is 0.140. The van der Waals surface area contributed by atoms with Crippen LogP contribution >= 0.6 is 11.6 Å². The summed E-state index contributed by atoms with van der Waals surface area (Å²) in [6.45, 7) is 0.922. The smallest absolute Gasteiger partial charge is 0.225 e. The highest BCUT2D eigenvalue weighted by Gasteiger charge is 2.24. The van der Waals surface area contributed by atoms with Crippen LogP contribution in [-0.4, -0.2) is 28.7 Å². The molecule has 1 unspecified atom stereocenters. The summed E-state index contributed by atoms with van der Waals surface area (Å²) in [5.74, 6) is 1.73. The number of rotatable bonds is 5. The Morgan fingerprint density at radius 3 is 2.66 bits per heavy atom. The van der Waals surface area contributed by atoms with Crippen LogP contribution in [-0.2, 0) is 18.3 Å². The average molecular weight is 448 g/mol. The fourth-order valence-electron chi connectivity index (χ4n) is 4.03. The summed E-state index contributed by atoms with van der Waals surface area (Å²) in [6.07, 6.45) is 0.156. The third-order valence-electron chi connectivity index (χ3n) is 5.54. The zero-order chi connectivity index (χ0) is 22.1. The Kier molecular flexibility index (Phi) is 5.45. The molecule has 0 fully saturated rings. The number of nitrogens with zero attached hydrogens (tertiary/aromatic N) is 2. The highest BCUT2D eigenvalue weighted by atomic mass is 35.5. The normalized spacial score (nSPS) is 13.7. The first kappa shape index (κ1) is 20.4. The first-order valence-electron chi connectivity index (χ1n) is 10.4. The second-order valence-electron chi connectivity index (χ2n) is 7.71. The molecule has 1 N–H and O–H groups in total. The lowest BCUT2D eigenvalue weighted by Crippen LogP contribution is -2.32. The van der Waals surface area contributed by atoms with Gasteiger partial charge in [0.1, 0.15) is 25.1 Å². The SMILES string of the molecule is Cn1c(C(NC(=O)Cc2cc(Cl)c3c(c2)OCCO3)c2ccccc2)nc2ccccc21. The van der Waals surface area contributed by atoms with Gasteiger partial charge in [-0.15, -0.1) is 0 Å². The molecule has 1 amide bonds. The van der Waals surface area contributed by atoms with Crippen LogP contribution in [0.4, 0.5) is 0 Å². The number of aromatic nitrogens is 2. The predicted molar refractivity (Wildman–Crippen MR) is 123 cm³/mol. The van der Waals surface area contributed by atoms with Gasteiger partial charge in [0, 0.05) is 7.05 Å². The Labute approximate surface area is 190 Å². The summed E-state index contributed by atoms with van der Waals surface area (Å²) < 4.78 is 13.2. The highest BCUT2D eigenvalue weighted by Crippen LogP contribution is 2.38. The van der Waals surface area contributed by atoms with Crippen molar-refractivity contribution in [1.29, 1.82) is 0 Å². The molecule has 7 heteroatoms. The van der Waals surface area contributed by atoms with Crippen molar-refractivity contribution in [3.63, 3.8) is 0 Å². The standard InChI is InChI=1S/C25H22ClN3O3/c1-29-20-10-6-5-9-19(20)27-25(29)23(17-7-3-2-4-8-17)28-22(30)15-16-13-18(26)24-21(14-16)31-11-12-32-24/h2-10,13-14,23H,11-12,15H2,1H3,(H,28,30). The second-order valence-corrected chi connectivity index (χ2v) is 8.11. The van der Waals surface area contributed by atoms with Gasteiger partial charge in [-0.3, -0.25) is 4.79 Å². The number of nitrogens with one attached hydrogen (secondary N) is 1. The quantitative estimate of drug-likeness (QED) is 0.491. The highest BCUT2D eigenvalue weighted by molar-refractivity contribution is 6.32. The van der Waals surface area contributed by atoms with Crippen molar-refractivity contribution >= 4 is 28.5 Å². The van der Waals surface area contributed by atoms with Crippen LogP contribution in [0.2, 0.25) is 5.02 Å². The molecule has 0 saturated heterocycles. The lowest BCUT2D eigenvalue weighted by atomic mass is 10.0. The number of aryl methyl sites for hydroxylation is 1. The molecule has 2 heterocycles. The number of benzene rings is 3. The second kappa shape index (κ2) is 8.55. The van der Waals surface area contributed by atoms with Crippen LogP contribution in [0.5, 0.6) is 11.5 Å². The van der Waals surface area contributed by atoms with E-state index in [1.807, 2.05) is 72.3 Å². The van der Waals surface area contributed by atoms with Gasteiger partial charge in [-0.1, -0.05) is 54.1 Å². The number of halogens is 1. The van der Waals surface area contributed by atoms with Gasteiger partial charge in [-0.25, -0.2) is 4.98 Å². The Balaban J connectivity index is 1.45. The Bertz CT molecular complexity index is 1290. The first-order valence-corrected chi connectivity index (χ1v) is 10.8. The number of imidazole rings is 1. The van der Waals surface area contributed by atoms with Crippen molar-refractivity contribution in [2.75, 3.05) is 13.2 Å². The van der Waals surface area contributed by atoms with E-state index in [9.17, 15) is 4.79 Å². The van der Waals surface area contributed by atoms with E-state index in [1.165, 1.54) is 0 Å². The van der Waals surface area contributed by atoms with Crippen LogP contribution in [0, 0.1) is 0 Å². The van der Waals surface area contributed by atoms with Crippen LogP contribution in [0.25, 0.3) is 11.0 Å². The van der Waals surface area contributed by atoms with E-state index in [-0.39, 0.29) is 12.3 Å². The Morgan fingerprint density at radius 1 is 1.09 bits per heavy atom. The van der Waals surface area contributed by atoms with Crippen LogP contribution in [0.3, 0.4) is 0 Å². The van der Waals surface area contributed by atoms with Gasteiger partial charge >= 0.3 is 0 Å². The van der Waals surface area contributed by atoms with Crippen molar-refractivity contribution in [2.45, 2.75) is 12.5 Å². The summed E-state index contributed by atoms with van der Waals surface area (Å²) >= 11 is 6.34. The number of amides is 1. The van der Waals surface area contributed by atoms with Gasteiger partial charge in [0.15, 0.2) is 11.5 Å². The van der Waals surface area contributed by atoms with Gasteiger partial charge in [-0.05, 0) is 35.4 Å². The van der Waals surface area contributed by atoms with E-state index in [2.05, 4.69) is 5.32 Å². The third-order valence-corrected chi connectivity index (χ3v) is 5.82. The molecule has 0 saturated carbocycles. The molecule has 1 aromatic heterocycles. The summed E-state index contributed by atoms with van der Waals surface area (Å²) in [5.41, 5.74) is 3.61. The molecule has 1 atom stereocenters. The molecule has 0 spiro atoms.